The van der Waals surface area contributed by atoms with Crippen LogP contribution >= 0.6 is 11.3 Å². The Balaban J connectivity index is 1.34. The summed E-state index contributed by atoms with van der Waals surface area (Å²) in [5, 5.41) is 4.48. The Kier molecular flexibility index (Phi) is 6.15. The standard InChI is InChI=1S/C26H27N3O3S/c1-31-20-7-3-5-17(11-20)14-27-19-9-10-22-23(13-19)33-25-24(22)26(30)29(16-28-25)15-18-6-4-8-21(12-18)32-2/h3-8,11-12,16,19,27H,9-10,13-15H2,1-2H3. The summed E-state index contributed by atoms with van der Waals surface area (Å²) in [4.78, 5) is 20.1. The van der Waals surface area contributed by atoms with Crippen LogP contribution in [0, 0.1) is 0 Å². The summed E-state index contributed by atoms with van der Waals surface area (Å²) in [6, 6.07) is 16.3. The van der Waals surface area contributed by atoms with Gasteiger partial charge in [-0.05, 0) is 60.2 Å². The Labute approximate surface area is 196 Å². The third-order valence-corrected chi connectivity index (χ3v) is 7.41. The predicted octanol–water partition coefficient (Wildman–Crippen LogP) is 4.17. The third kappa shape index (κ3) is 4.51. The molecule has 7 heteroatoms. The van der Waals surface area contributed by atoms with Crippen molar-refractivity contribution in [2.45, 2.75) is 38.4 Å². The molecule has 0 amide bonds. The van der Waals surface area contributed by atoms with E-state index in [0.29, 0.717) is 12.6 Å². The lowest BCUT2D eigenvalue weighted by atomic mass is 9.93. The number of hydrogen-bond acceptors (Lipinski definition) is 6. The summed E-state index contributed by atoms with van der Waals surface area (Å²) in [6.45, 7) is 1.28. The second-order valence-corrected chi connectivity index (χ2v) is 9.47. The van der Waals surface area contributed by atoms with Gasteiger partial charge in [0.05, 0.1) is 32.5 Å². The molecule has 1 unspecified atom stereocenters. The fourth-order valence-corrected chi connectivity index (χ4v) is 5.76. The Morgan fingerprint density at radius 1 is 1.09 bits per heavy atom. The molecule has 0 saturated carbocycles. The van der Waals surface area contributed by atoms with Gasteiger partial charge >= 0.3 is 0 Å². The molecule has 2 aromatic heterocycles. The van der Waals surface area contributed by atoms with Gasteiger partial charge < -0.3 is 14.8 Å². The van der Waals surface area contributed by atoms with Gasteiger partial charge in [0.15, 0.2) is 0 Å². The first kappa shape index (κ1) is 21.7. The van der Waals surface area contributed by atoms with E-state index in [1.54, 1.807) is 36.5 Å². The van der Waals surface area contributed by atoms with Crippen LogP contribution in [0.2, 0.25) is 0 Å². The summed E-state index contributed by atoms with van der Waals surface area (Å²) in [6.07, 6.45) is 4.50. The monoisotopic (exact) mass is 461 g/mol. The maximum absolute atomic E-state index is 13.3. The quantitative estimate of drug-likeness (QED) is 0.448. The van der Waals surface area contributed by atoms with Crippen LogP contribution in [0.1, 0.15) is 28.0 Å². The Morgan fingerprint density at radius 2 is 1.82 bits per heavy atom. The summed E-state index contributed by atoms with van der Waals surface area (Å²) in [7, 11) is 3.34. The van der Waals surface area contributed by atoms with Crippen molar-refractivity contribution in [3.8, 4) is 11.5 Å². The Bertz CT molecular complexity index is 1340. The van der Waals surface area contributed by atoms with E-state index in [-0.39, 0.29) is 5.56 Å². The highest BCUT2D eigenvalue weighted by molar-refractivity contribution is 7.18. The summed E-state index contributed by atoms with van der Waals surface area (Å²) in [5.74, 6) is 1.66. The molecule has 1 aliphatic rings. The van der Waals surface area contributed by atoms with Crippen molar-refractivity contribution in [3.63, 3.8) is 0 Å². The van der Waals surface area contributed by atoms with Crippen LogP contribution in [0.4, 0.5) is 0 Å². The lowest BCUT2D eigenvalue weighted by Crippen LogP contribution is -2.33. The van der Waals surface area contributed by atoms with E-state index in [9.17, 15) is 4.79 Å². The lowest BCUT2D eigenvalue weighted by molar-refractivity contribution is 0.413. The van der Waals surface area contributed by atoms with Crippen LogP contribution in [0.15, 0.2) is 59.7 Å². The average Bonchev–Trinajstić information content (AvgIpc) is 3.23. The SMILES string of the molecule is COc1cccc(CNC2CCc3c(sc4ncn(Cc5cccc(OC)c5)c(=O)c34)C2)c1. The van der Waals surface area contributed by atoms with Crippen LogP contribution in [-0.2, 0) is 25.9 Å². The lowest BCUT2D eigenvalue weighted by Gasteiger charge is -2.23. The Hall–Kier alpha value is -3.16. The molecule has 6 nitrogen and oxygen atoms in total. The number of aryl methyl sites for hydroxylation is 1. The van der Waals surface area contributed by atoms with Crippen LogP contribution in [-0.4, -0.2) is 29.8 Å². The van der Waals surface area contributed by atoms with Crippen molar-refractivity contribution in [1.29, 1.82) is 0 Å². The minimum Gasteiger partial charge on any atom is -0.497 e. The van der Waals surface area contributed by atoms with Gasteiger partial charge in [0.1, 0.15) is 16.3 Å². The fraction of sp³-hybridized carbons (Fsp3) is 0.308. The van der Waals surface area contributed by atoms with Crippen molar-refractivity contribution in [3.05, 3.63) is 86.8 Å². The largest absolute Gasteiger partial charge is 0.497 e. The maximum atomic E-state index is 13.3. The van der Waals surface area contributed by atoms with Gasteiger partial charge in [-0.1, -0.05) is 24.3 Å². The second kappa shape index (κ2) is 9.37. The van der Waals surface area contributed by atoms with E-state index in [0.717, 1.165) is 53.1 Å². The molecule has 170 valence electrons. The predicted molar refractivity (Wildman–Crippen MR) is 132 cm³/mol. The highest BCUT2D eigenvalue weighted by atomic mass is 32.1. The fourth-order valence-electron chi connectivity index (χ4n) is 4.50. The maximum Gasteiger partial charge on any atom is 0.262 e. The molecule has 4 aromatic rings. The van der Waals surface area contributed by atoms with Gasteiger partial charge in [0, 0.05) is 17.5 Å². The number of ether oxygens (including phenoxy) is 2. The first-order valence-electron chi connectivity index (χ1n) is 11.1. The number of methoxy groups -OCH3 is 2. The van der Waals surface area contributed by atoms with E-state index in [1.807, 2.05) is 36.4 Å². The van der Waals surface area contributed by atoms with Crippen molar-refractivity contribution in [2.75, 3.05) is 14.2 Å². The van der Waals surface area contributed by atoms with Gasteiger partial charge in [-0.2, -0.15) is 0 Å². The van der Waals surface area contributed by atoms with E-state index in [2.05, 4.69) is 22.4 Å². The van der Waals surface area contributed by atoms with E-state index in [1.165, 1.54) is 16.0 Å². The molecule has 5 rings (SSSR count). The normalized spacial score (nSPS) is 15.4. The zero-order chi connectivity index (χ0) is 22.8. The molecule has 1 aliphatic carbocycles. The third-order valence-electron chi connectivity index (χ3n) is 6.25. The van der Waals surface area contributed by atoms with Gasteiger partial charge in [-0.25, -0.2) is 4.98 Å². The molecular formula is C26H27N3O3S. The molecule has 0 radical (unpaired) electrons. The summed E-state index contributed by atoms with van der Waals surface area (Å²) >= 11 is 1.66. The number of nitrogens with one attached hydrogen (secondary N) is 1. The second-order valence-electron chi connectivity index (χ2n) is 8.39. The molecule has 0 aliphatic heterocycles. The highest BCUT2D eigenvalue weighted by Gasteiger charge is 2.25. The van der Waals surface area contributed by atoms with Crippen LogP contribution in [0.3, 0.4) is 0 Å². The molecule has 0 fully saturated rings. The topological polar surface area (TPSA) is 65.4 Å². The minimum absolute atomic E-state index is 0.0445. The molecular weight excluding hydrogens is 434 g/mol. The number of aromatic nitrogens is 2. The Morgan fingerprint density at radius 3 is 2.58 bits per heavy atom. The molecule has 1 N–H and O–H groups in total. The average molecular weight is 462 g/mol. The number of rotatable bonds is 7. The minimum atomic E-state index is 0.0445. The smallest absolute Gasteiger partial charge is 0.262 e. The number of fused-ring (bicyclic) bond motifs is 3. The molecule has 0 spiro atoms. The molecule has 0 bridgehead atoms. The van der Waals surface area contributed by atoms with Crippen molar-refractivity contribution >= 4 is 21.6 Å². The summed E-state index contributed by atoms with van der Waals surface area (Å²) in [5.41, 5.74) is 3.46. The highest BCUT2D eigenvalue weighted by Crippen LogP contribution is 2.34. The van der Waals surface area contributed by atoms with Gasteiger partial charge in [-0.3, -0.25) is 9.36 Å². The van der Waals surface area contributed by atoms with Crippen LogP contribution < -0.4 is 20.3 Å². The zero-order valence-electron chi connectivity index (χ0n) is 18.8. The molecule has 33 heavy (non-hydrogen) atoms. The van der Waals surface area contributed by atoms with E-state index < -0.39 is 0 Å². The van der Waals surface area contributed by atoms with Crippen molar-refractivity contribution < 1.29 is 9.47 Å². The van der Waals surface area contributed by atoms with Crippen molar-refractivity contribution in [2.24, 2.45) is 0 Å². The first-order valence-corrected chi connectivity index (χ1v) is 11.9. The van der Waals surface area contributed by atoms with E-state index >= 15 is 0 Å². The van der Waals surface area contributed by atoms with Crippen LogP contribution in [0.25, 0.3) is 10.2 Å². The van der Waals surface area contributed by atoms with Gasteiger partial charge in [0.2, 0.25) is 0 Å². The van der Waals surface area contributed by atoms with E-state index in [4.69, 9.17) is 9.47 Å². The zero-order valence-corrected chi connectivity index (χ0v) is 19.7. The number of benzene rings is 2. The van der Waals surface area contributed by atoms with Gasteiger partial charge in [0.25, 0.3) is 5.56 Å². The molecule has 1 atom stereocenters. The first-order chi connectivity index (χ1) is 16.1. The van der Waals surface area contributed by atoms with Gasteiger partial charge in [-0.15, -0.1) is 11.3 Å². The van der Waals surface area contributed by atoms with Crippen LogP contribution in [0.5, 0.6) is 11.5 Å². The van der Waals surface area contributed by atoms with Crippen molar-refractivity contribution in [1.82, 2.24) is 14.9 Å². The number of hydrogen-bond donors (Lipinski definition) is 1. The molecule has 2 aromatic carbocycles. The molecule has 2 heterocycles. The number of nitrogens with zero attached hydrogens (tertiary/aromatic N) is 2. The molecule has 0 saturated heterocycles. The summed E-state index contributed by atoms with van der Waals surface area (Å²) < 4.78 is 12.3. The number of thiophene rings is 1.